The molecular formula is C19H26N2O4. The van der Waals surface area contributed by atoms with Gasteiger partial charge in [0.2, 0.25) is 0 Å². The maximum Gasteiger partial charge on any atom is 0.337 e. The Hall–Kier alpha value is -1.92. The fraction of sp³-hybridized carbons (Fsp3) is 0.579. The average Bonchev–Trinajstić information content (AvgIpc) is 3.16. The molecule has 0 N–H and O–H groups in total. The summed E-state index contributed by atoms with van der Waals surface area (Å²) in [5.41, 5.74) is 1.08. The van der Waals surface area contributed by atoms with E-state index in [0.717, 1.165) is 45.4 Å². The van der Waals surface area contributed by atoms with Gasteiger partial charge in [-0.15, -0.1) is 0 Å². The predicted molar refractivity (Wildman–Crippen MR) is 93.7 cm³/mol. The minimum Gasteiger partial charge on any atom is -0.465 e. The van der Waals surface area contributed by atoms with E-state index < -0.39 is 0 Å². The summed E-state index contributed by atoms with van der Waals surface area (Å²) in [5, 5.41) is 0. The van der Waals surface area contributed by atoms with Gasteiger partial charge in [0.1, 0.15) is 0 Å². The summed E-state index contributed by atoms with van der Waals surface area (Å²) in [5.74, 6) is -0.356. The molecule has 25 heavy (non-hydrogen) atoms. The van der Waals surface area contributed by atoms with Crippen molar-refractivity contribution >= 4 is 11.9 Å². The molecule has 3 rings (SSSR count). The number of amides is 1. The molecule has 2 aliphatic rings. The molecule has 2 aliphatic heterocycles. The molecule has 6 nitrogen and oxygen atoms in total. The van der Waals surface area contributed by atoms with Crippen LogP contribution in [-0.4, -0.2) is 74.2 Å². The Bertz CT molecular complexity index is 608. The Morgan fingerprint density at radius 2 is 1.60 bits per heavy atom. The van der Waals surface area contributed by atoms with E-state index in [2.05, 4.69) is 9.64 Å². The summed E-state index contributed by atoms with van der Waals surface area (Å²) in [6.07, 6.45) is 3.46. The van der Waals surface area contributed by atoms with Crippen LogP contribution in [0.5, 0.6) is 0 Å². The average molecular weight is 346 g/mol. The largest absolute Gasteiger partial charge is 0.465 e. The van der Waals surface area contributed by atoms with Crippen LogP contribution in [0, 0.1) is 0 Å². The highest BCUT2D eigenvalue weighted by Crippen LogP contribution is 2.23. The lowest BCUT2D eigenvalue weighted by atomic mass is 10.0. The van der Waals surface area contributed by atoms with Gasteiger partial charge in [0, 0.05) is 44.9 Å². The van der Waals surface area contributed by atoms with Gasteiger partial charge >= 0.3 is 5.97 Å². The number of hydrogen-bond donors (Lipinski definition) is 0. The van der Waals surface area contributed by atoms with E-state index >= 15 is 0 Å². The highest BCUT2D eigenvalue weighted by Gasteiger charge is 2.31. The van der Waals surface area contributed by atoms with Crippen molar-refractivity contribution in [2.24, 2.45) is 0 Å². The van der Waals surface area contributed by atoms with Crippen LogP contribution in [0.4, 0.5) is 0 Å². The molecule has 0 radical (unpaired) electrons. The van der Waals surface area contributed by atoms with Gasteiger partial charge in [0.25, 0.3) is 5.91 Å². The second-order valence-electron chi connectivity index (χ2n) is 6.73. The molecule has 2 heterocycles. The number of esters is 1. The first-order chi connectivity index (χ1) is 12.1. The Kier molecular flexibility index (Phi) is 5.71. The van der Waals surface area contributed by atoms with Crippen LogP contribution < -0.4 is 0 Å². The molecule has 136 valence electrons. The maximum atomic E-state index is 12.7. The second-order valence-corrected chi connectivity index (χ2v) is 6.73. The zero-order chi connectivity index (χ0) is 17.8. The first-order valence-electron chi connectivity index (χ1n) is 8.87. The lowest BCUT2D eigenvalue weighted by Crippen LogP contribution is -2.46. The molecule has 0 spiro atoms. The number of carbonyl (C=O) groups excluding carboxylic acids is 2. The van der Waals surface area contributed by atoms with E-state index in [1.54, 1.807) is 31.4 Å². The SMILES string of the molecule is COC(=O)c1ccc(C(=O)N2CCC(N3CCC(OC)C3)CC2)cc1. The van der Waals surface area contributed by atoms with Crippen LogP contribution in [0.1, 0.15) is 40.0 Å². The topological polar surface area (TPSA) is 59.1 Å². The fourth-order valence-corrected chi connectivity index (χ4v) is 3.76. The summed E-state index contributed by atoms with van der Waals surface area (Å²) in [7, 11) is 3.13. The Labute approximate surface area is 148 Å². The molecule has 6 heteroatoms. The van der Waals surface area contributed by atoms with Crippen LogP contribution in [0.2, 0.25) is 0 Å². The molecule has 1 aromatic rings. The summed E-state index contributed by atoms with van der Waals surface area (Å²) in [4.78, 5) is 28.5. The van der Waals surface area contributed by atoms with Crippen molar-refractivity contribution < 1.29 is 19.1 Å². The van der Waals surface area contributed by atoms with Crippen LogP contribution in [0.25, 0.3) is 0 Å². The normalized spacial score (nSPS) is 22.2. The number of methoxy groups -OCH3 is 2. The highest BCUT2D eigenvalue weighted by molar-refractivity contribution is 5.96. The zero-order valence-corrected chi connectivity index (χ0v) is 14.9. The number of benzene rings is 1. The smallest absolute Gasteiger partial charge is 0.337 e. The highest BCUT2D eigenvalue weighted by atomic mass is 16.5. The number of ether oxygens (including phenoxy) is 2. The summed E-state index contributed by atoms with van der Waals surface area (Å²) in [6.45, 7) is 3.64. The van der Waals surface area contributed by atoms with Crippen molar-refractivity contribution in [1.82, 2.24) is 9.80 Å². The molecule has 1 unspecified atom stereocenters. The van der Waals surface area contributed by atoms with Gasteiger partial charge in [-0.1, -0.05) is 0 Å². The van der Waals surface area contributed by atoms with Crippen LogP contribution in [0.15, 0.2) is 24.3 Å². The van der Waals surface area contributed by atoms with Gasteiger partial charge < -0.3 is 14.4 Å². The number of nitrogens with zero attached hydrogens (tertiary/aromatic N) is 2. The van der Waals surface area contributed by atoms with E-state index in [0.29, 0.717) is 23.3 Å². The van der Waals surface area contributed by atoms with Gasteiger partial charge in [-0.3, -0.25) is 9.69 Å². The molecule has 1 atom stereocenters. The Balaban J connectivity index is 1.54. The van der Waals surface area contributed by atoms with Gasteiger partial charge in [-0.05, 0) is 43.5 Å². The van der Waals surface area contributed by atoms with Crippen molar-refractivity contribution in [1.29, 1.82) is 0 Å². The van der Waals surface area contributed by atoms with Crippen LogP contribution >= 0.6 is 0 Å². The molecule has 1 aromatic carbocycles. The summed E-state index contributed by atoms with van der Waals surface area (Å²) >= 11 is 0. The van der Waals surface area contributed by atoms with Gasteiger partial charge in [0.15, 0.2) is 0 Å². The third kappa shape index (κ3) is 4.02. The molecule has 0 aromatic heterocycles. The fourth-order valence-electron chi connectivity index (χ4n) is 3.76. The molecular weight excluding hydrogens is 320 g/mol. The van der Waals surface area contributed by atoms with Crippen LogP contribution in [0.3, 0.4) is 0 Å². The first-order valence-corrected chi connectivity index (χ1v) is 8.87. The van der Waals surface area contributed by atoms with Crippen molar-refractivity contribution in [2.75, 3.05) is 40.4 Å². The molecule has 2 saturated heterocycles. The summed E-state index contributed by atoms with van der Waals surface area (Å²) < 4.78 is 10.1. The Morgan fingerprint density at radius 3 is 2.16 bits per heavy atom. The lowest BCUT2D eigenvalue weighted by molar-refractivity contribution is 0.0591. The lowest BCUT2D eigenvalue weighted by Gasteiger charge is -2.36. The first kappa shape index (κ1) is 17.9. The van der Waals surface area contributed by atoms with E-state index in [-0.39, 0.29) is 11.9 Å². The summed E-state index contributed by atoms with van der Waals surface area (Å²) in [6, 6.07) is 7.22. The molecule has 0 bridgehead atoms. The minimum atomic E-state index is -0.389. The van der Waals surface area contributed by atoms with Gasteiger partial charge in [0.05, 0.1) is 18.8 Å². The minimum absolute atomic E-state index is 0.0334. The Morgan fingerprint density at radius 1 is 0.960 bits per heavy atom. The quantitative estimate of drug-likeness (QED) is 0.778. The molecule has 0 aliphatic carbocycles. The zero-order valence-electron chi connectivity index (χ0n) is 14.9. The van der Waals surface area contributed by atoms with Crippen LogP contribution in [-0.2, 0) is 9.47 Å². The number of carbonyl (C=O) groups is 2. The van der Waals surface area contributed by atoms with Crippen molar-refractivity contribution in [3.05, 3.63) is 35.4 Å². The monoisotopic (exact) mass is 346 g/mol. The third-order valence-electron chi connectivity index (χ3n) is 5.33. The number of hydrogen-bond acceptors (Lipinski definition) is 5. The number of likely N-dealkylation sites (tertiary alicyclic amines) is 2. The molecule has 0 saturated carbocycles. The van der Waals surface area contributed by atoms with E-state index in [4.69, 9.17) is 4.74 Å². The molecule has 2 fully saturated rings. The van der Waals surface area contributed by atoms with Gasteiger partial charge in [-0.2, -0.15) is 0 Å². The van der Waals surface area contributed by atoms with Crippen molar-refractivity contribution in [2.45, 2.75) is 31.4 Å². The second kappa shape index (κ2) is 7.97. The molecule has 1 amide bonds. The number of rotatable bonds is 4. The van der Waals surface area contributed by atoms with E-state index in [9.17, 15) is 9.59 Å². The maximum absolute atomic E-state index is 12.7. The third-order valence-corrected chi connectivity index (χ3v) is 5.33. The van der Waals surface area contributed by atoms with Crippen molar-refractivity contribution in [3.8, 4) is 0 Å². The predicted octanol–water partition coefficient (Wildman–Crippen LogP) is 1.80. The standard InChI is InChI=1S/C19H26N2O4/c1-24-17-9-12-21(13-17)16-7-10-20(11-8-16)18(22)14-3-5-15(6-4-14)19(23)25-2/h3-6,16-17H,7-13H2,1-2H3. The van der Waals surface area contributed by atoms with E-state index in [1.165, 1.54) is 7.11 Å². The van der Waals surface area contributed by atoms with E-state index in [1.807, 2.05) is 4.90 Å². The van der Waals surface area contributed by atoms with Crippen molar-refractivity contribution in [3.63, 3.8) is 0 Å². The van der Waals surface area contributed by atoms with Gasteiger partial charge in [-0.25, -0.2) is 4.79 Å². The number of piperidine rings is 1.